The Morgan fingerprint density at radius 1 is 1.03 bits per heavy atom. The Hall–Kier alpha value is -3.66. The molecule has 0 fully saturated rings. The Balaban J connectivity index is 1.52. The molecule has 198 valence electrons. The minimum absolute atomic E-state index is 0.0778. The van der Waals surface area contributed by atoms with Crippen molar-refractivity contribution in [3.63, 3.8) is 0 Å². The maximum absolute atomic E-state index is 13.0. The molecule has 0 atom stereocenters. The quantitative estimate of drug-likeness (QED) is 0.268. The Bertz CT molecular complexity index is 1410. The largest absolute Gasteiger partial charge is 0.313 e. The van der Waals surface area contributed by atoms with Gasteiger partial charge in [-0.1, -0.05) is 53.8 Å². The van der Waals surface area contributed by atoms with Crippen LogP contribution in [0.2, 0.25) is 0 Å². The van der Waals surface area contributed by atoms with Crippen LogP contribution in [0.3, 0.4) is 0 Å². The summed E-state index contributed by atoms with van der Waals surface area (Å²) in [4.78, 5) is 33.0. The van der Waals surface area contributed by atoms with E-state index in [0.29, 0.717) is 22.1 Å². The number of nitrogens with one attached hydrogen (secondary N) is 2. The van der Waals surface area contributed by atoms with Crippen LogP contribution in [0.1, 0.15) is 42.2 Å². The van der Waals surface area contributed by atoms with E-state index in [1.807, 2.05) is 68.4 Å². The van der Waals surface area contributed by atoms with Crippen LogP contribution >= 0.6 is 11.3 Å². The van der Waals surface area contributed by atoms with Crippen molar-refractivity contribution in [2.75, 3.05) is 32.5 Å². The highest BCUT2D eigenvalue weighted by atomic mass is 32.1. The number of anilines is 1. The highest BCUT2D eigenvalue weighted by Crippen LogP contribution is 2.38. The van der Waals surface area contributed by atoms with E-state index in [0.717, 1.165) is 42.1 Å². The highest BCUT2D eigenvalue weighted by Gasteiger charge is 2.19. The van der Waals surface area contributed by atoms with Crippen LogP contribution in [0.5, 0.6) is 0 Å². The zero-order valence-corrected chi connectivity index (χ0v) is 23.1. The van der Waals surface area contributed by atoms with Crippen LogP contribution in [-0.4, -0.2) is 52.8 Å². The average molecular weight is 531 g/mol. The summed E-state index contributed by atoms with van der Waals surface area (Å²) in [5.74, 6) is -0.226. The van der Waals surface area contributed by atoms with Crippen LogP contribution < -0.4 is 16.2 Å². The number of carbonyl (C=O) groups is 1. The molecule has 2 N–H and O–H groups in total. The van der Waals surface area contributed by atoms with Gasteiger partial charge < -0.3 is 10.2 Å². The minimum atomic E-state index is -0.226. The summed E-state index contributed by atoms with van der Waals surface area (Å²) < 4.78 is 1.46. The summed E-state index contributed by atoms with van der Waals surface area (Å²) in [6.07, 6.45) is 1.09. The highest BCUT2D eigenvalue weighted by molar-refractivity contribution is 7.19. The van der Waals surface area contributed by atoms with Gasteiger partial charge in [0.25, 0.3) is 11.5 Å². The van der Waals surface area contributed by atoms with E-state index >= 15 is 0 Å². The van der Waals surface area contributed by atoms with Gasteiger partial charge in [-0.15, -0.1) is 0 Å². The molecule has 2 aromatic heterocycles. The lowest BCUT2D eigenvalue weighted by molar-refractivity contribution is 0.102. The average Bonchev–Trinajstić information content (AvgIpc) is 3.33. The van der Waals surface area contributed by atoms with E-state index in [2.05, 4.69) is 34.7 Å². The molecule has 0 radical (unpaired) electrons. The van der Waals surface area contributed by atoms with Crippen molar-refractivity contribution < 1.29 is 4.79 Å². The predicted octanol–water partition coefficient (Wildman–Crippen LogP) is 4.91. The Labute approximate surface area is 227 Å². The number of carbonyl (C=O) groups excluding carboxylic acids is 1. The number of aromatic nitrogens is 3. The van der Waals surface area contributed by atoms with Crippen molar-refractivity contribution >= 4 is 22.4 Å². The molecule has 0 aliphatic heterocycles. The van der Waals surface area contributed by atoms with Gasteiger partial charge in [0, 0.05) is 23.7 Å². The van der Waals surface area contributed by atoms with Gasteiger partial charge in [0.2, 0.25) is 0 Å². The maximum atomic E-state index is 13.0. The van der Waals surface area contributed by atoms with E-state index in [1.165, 1.54) is 22.1 Å². The van der Waals surface area contributed by atoms with Crippen LogP contribution in [0, 0.1) is 0 Å². The summed E-state index contributed by atoms with van der Waals surface area (Å²) >= 11 is 1.34. The first-order valence-corrected chi connectivity index (χ1v) is 13.6. The van der Waals surface area contributed by atoms with Crippen molar-refractivity contribution in [2.24, 2.45) is 0 Å². The van der Waals surface area contributed by atoms with Gasteiger partial charge in [0.15, 0.2) is 5.13 Å². The lowest BCUT2D eigenvalue weighted by atomic mass is 10.1. The summed E-state index contributed by atoms with van der Waals surface area (Å²) in [6, 6.07) is 20.5. The molecule has 2 aromatic carbocycles. The van der Waals surface area contributed by atoms with Crippen LogP contribution in [0.15, 0.2) is 71.5 Å². The summed E-state index contributed by atoms with van der Waals surface area (Å²) in [5.41, 5.74) is 3.79. The molecule has 8 nitrogen and oxygen atoms in total. The fourth-order valence-corrected chi connectivity index (χ4v) is 4.90. The third-order valence-corrected chi connectivity index (χ3v) is 6.94. The SMILES string of the molecule is CC(C)n1nc(-c2sc(NC(=O)c3ccc(CNCCCN(C)C)cc3)nc2-c2ccccc2)ccc1=O. The molecular weight excluding hydrogens is 496 g/mol. The van der Waals surface area contributed by atoms with Crippen LogP contribution in [0.4, 0.5) is 5.13 Å². The van der Waals surface area contributed by atoms with Gasteiger partial charge in [-0.3, -0.25) is 14.9 Å². The number of thiazole rings is 1. The molecule has 0 saturated carbocycles. The molecule has 9 heteroatoms. The Morgan fingerprint density at radius 2 is 1.76 bits per heavy atom. The van der Waals surface area contributed by atoms with Gasteiger partial charge in [0.05, 0.1) is 16.6 Å². The summed E-state index contributed by atoms with van der Waals surface area (Å²) in [5, 5.41) is 11.4. The molecular formula is C29H34N6O2S. The number of hydrogen-bond acceptors (Lipinski definition) is 7. The molecule has 0 aliphatic carbocycles. The Morgan fingerprint density at radius 3 is 2.45 bits per heavy atom. The maximum Gasteiger partial charge on any atom is 0.267 e. The molecule has 0 spiro atoms. The van der Waals surface area contributed by atoms with E-state index in [-0.39, 0.29) is 17.5 Å². The lowest BCUT2D eigenvalue weighted by Crippen LogP contribution is -2.23. The second-order valence-corrected chi connectivity index (χ2v) is 10.6. The number of benzene rings is 2. The van der Waals surface area contributed by atoms with E-state index in [4.69, 9.17) is 4.98 Å². The first kappa shape index (κ1) is 27.4. The second-order valence-electron chi connectivity index (χ2n) is 9.64. The molecule has 0 unspecified atom stereocenters. The number of amides is 1. The minimum Gasteiger partial charge on any atom is -0.313 e. The summed E-state index contributed by atoms with van der Waals surface area (Å²) in [7, 11) is 4.14. The smallest absolute Gasteiger partial charge is 0.267 e. The third-order valence-electron chi connectivity index (χ3n) is 5.95. The van der Waals surface area contributed by atoms with Crippen molar-refractivity contribution in [2.45, 2.75) is 32.9 Å². The predicted molar refractivity (Wildman–Crippen MR) is 155 cm³/mol. The molecule has 2 heterocycles. The van der Waals surface area contributed by atoms with E-state index in [1.54, 1.807) is 6.07 Å². The molecule has 0 bridgehead atoms. The fraction of sp³-hybridized carbons (Fsp3) is 0.310. The fourth-order valence-electron chi connectivity index (χ4n) is 3.95. The van der Waals surface area contributed by atoms with Gasteiger partial charge in [-0.05, 0) is 71.2 Å². The topological polar surface area (TPSA) is 92.2 Å². The molecule has 38 heavy (non-hydrogen) atoms. The molecule has 4 rings (SSSR count). The number of hydrogen-bond donors (Lipinski definition) is 2. The van der Waals surface area contributed by atoms with Crippen LogP contribution in [0.25, 0.3) is 21.8 Å². The van der Waals surface area contributed by atoms with Crippen molar-refractivity contribution in [3.05, 3.63) is 88.2 Å². The van der Waals surface area contributed by atoms with E-state index < -0.39 is 0 Å². The zero-order chi connectivity index (χ0) is 27.1. The third kappa shape index (κ3) is 7.00. The molecule has 0 aliphatic rings. The van der Waals surface area contributed by atoms with Crippen molar-refractivity contribution in [1.82, 2.24) is 25.0 Å². The normalized spacial score (nSPS) is 11.3. The molecule has 0 saturated heterocycles. The Kier molecular flexibility index (Phi) is 9.17. The first-order chi connectivity index (χ1) is 18.3. The molecule has 1 amide bonds. The zero-order valence-electron chi connectivity index (χ0n) is 22.3. The summed E-state index contributed by atoms with van der Waals surface area (Å²) in [6.45, 7) is 6.59. The monoisotopic (exact) mass is 530 g/mol. The molecule has 4 aromatic rings. The second kappa shape index (κ2) is 12.7. The van der Waals surface area contributed by atoms with Gasteiger partial charge in [0.1, 0.15) is 5.69 Å². The van der Waals surface area contributed by atoms with Gasteiger partial charge in [-0.25, -0.2) is 9.67 Å². The van der Waals surface area contributed by atoms with E-state index in [9.17, 15) is 9.59 Å². The first-order valence-electron chi connectivity index (χ1n) is 12.7. The van der Waals surface area contributed by atoms with Gasteiger partial charge in [-0.2, -0.15) is 5.10 Å². The van der Waals surface area contributed by atoms with Crippen LogP contribution in [-0.2, 0) is 6.54 Å². The number of rotatable bonds is 11. The standard InChI is InChI=1S/C29H34N6O2S/c1-20(2)35-25(36)16-15-24(33-35)27-26(22-9-6-5-7-10-22)31-29(38-27)32-28(37)23-13-11-21(12-14-23)19-30-17-8-18-34(3)4/h5-7,9-16,20,30H,8,17-19H2,1-4H3,(H,31,32,37). The van der Waals surface area contributed by atoms with Crippen molar-refractivity contribution in [1.29, 1.82) is 0 Å². The number of nitrogens with zero attached hydrogens (tertiary/aromatic N) is 4. The van der Waals surface area contributed by atoms with Gasteiger partial charge >= 0.3 is 0 Å². The van der Waals surface area contributed by atoms with Crippen molar-refractivity contribution in [3.8, 4) is 21.8 Å². The lowest BCUT2D eigenvalue weighted by Gasteiger charge is -2.10.